The van der Waals surface area contributed by atoms with E-state index in [-0.39, 0.29) is 0 Å². The molecule has 0 atom stereocenters. The minimum atomic E-state index is 0.391. The first-order valence-electron chi connectivity index (χ1n) is 6.20. The average Bonchev–Trinajstić information content (AvgIpc) is 2.43. The Morgan fingerprint density at radius 2 is 1.47 bits per heavy atom. The predicted octanol–water partition coefficient (Wildman–Crippen LogP) is 4.30. The van der Waals surface area contributed by atoms with Gasteiger partial charge in [0.25, 0.3) is 0 Å². The van der Waals surface area contributed by atoms with Gasteiger partial charge in [-0.2, -0.15) is 0 Å². The molecule has 1 aromatic carbocycles. The Bertz CT molecular complexity index is 531. The van der Waals surface area contributed by atoms with E-state index in [1.54, 1.807) is 0 Å². The second kappa shape index (κ2) is 6.22. The molecule has 0 saturated carbocycles. The van der Waals surface area contributed by atoms with Crippen LogP contribution in [0.1, 0.15) is 13.8 Å². The highest BCUT2D eigenvalue weighted by atomic mass is 35.5. The summed E-state index contributed by atoms with van der Waals surface area (Å²) in [6.45, 7) is 5.70. The van der Waals surface area contributed by atoms with Crippen LogP contribution >= 0.6 is 23.2 Å². The minimum absolute atomic E-state index is 0.391. The van der Waals surface area contributed by atoms with Crippen LogP contribution < -0.4 is 4.90 Å². The first-order chi connectivity index (χ1) is 9.17. The molecule has 1 heterocycles. The normalized spacial score (nSPS) is 10.5. The average molecular weight is 296 g/mol. The van der Waals surface area contributed by atoms with E-state index >= 15 is 0 Å². The van der Waals surface area contributed by atoms with Gasteiger partial charge in [0.05, 0.1) is 0 Å². The predicted molar refractivity (Wildman–Crippen MR) is 81.0 cm³/mol. The second-order valence-corrected chi connectivity index (χ2v) is 4.73. The van der Waals surface area contributed by atoms with E-state index < -0.39 is 0 Å². The number of benzene rings is 1. The molecule has 0 aliphatic carbocycles. The molecule has 0 spiro atoms. The molecular weight excluding hydrogens is 281 g/mol. The highest BCUT2D eigenvalue weighted by Gasteiger charge is 2.16. The number of nitrogens with zero attached hydrogens (tertiary/aromatic N) is 3. The fourth-order valence-electron chi connectivity index (χ4n) is 1.92. The molecule has 1 aromatic heterocycles. The van der Waals surface area contributed by atoms with Gasteiger partial charge in [-0.15, -0.1) is 0 Å². The molecule has 3 nitrogen and oxygen atoms in total. The number of hydrogen-bond acceptors (Lipinski definition) is 3. The third-order valence-corrected chi connectivity index (χ3v) is 3.44. The molecule has 0 N–H and O–H groups in total. The maximum absolute atomic E-state index is 6.26. The Morgan fingerprint density at radius 3 is 1.95 bits per heavy atom. The summed E-state index contributed by atoms with van der Waals surface area (Å²) in [5, 5.41) is 0.783. The summed E-state index contributed by atoms with van der Waals surface area (Å²) in [6.07, 6.45) is 0. The van der Waals surface area contributed by atoms with E-state index in [0.29, 0.717) is 21.8 Å². The van der Waals surface area contributed by atoms with Gasteiger partial charge in [0, 0.05) is 18.7 Å². The molecule has 0 bridgehead atoms. The lowest BCUT2D eigenvalue weighted by molar-refractivity contribution is 0.857. The molecule has 0 amide bonds. The third-order valence-electron chi connectivity index (χ3n) is 2.91. The zero-order valence-electron chi connectivity index (χ0n) is 10.9. The first kappa shape index (κ1) is 14.1. The Kier molecular flexibility index (Phi) is 4.61. The molecule has 0 unspecified atom stereocenters. The summed E-state index contributed by atoms with van der Waals surface area (Å²) >= 11 is 12.5. The molecule has 5 heteroatoms. The summed E-state index contributed by atoms with van der Waals surface area (Å²) in [5.74, 6) is 0.548. The topological polar surface area (TPSA) is 29.0 Å². The van der Waals surface area contributed by atoms with Gasteiger partial charge in [0.1, 0.15) is 5.69 Å². The van der Waals surface area contributed by atoms with Crippen LogP contribution in [0.2, 0.25) is 10.3 Å². The van der Waals surface area contributed by atoms with Crippen LogP contribution in [0.25, 0.3) is 11.4 Å². The number of hydrogen-bond donors (Lipinski definition) is 0. The van der Waals surface area contributed by atoms with Crippen LogP contribution in [0.4, 0.5) is 5.69 Å². The van der Waals surface area contributed by atoms with E-state index in [2.05, 4.69) is 9.97 Å². The van der Waals surface area contributed by atoms with Gasteiger partial charge in [-0.3, -0.25) is 0 Å². The summed E-state index contributed by atoms with van der Waals surface area (Å²) < 4.78 is 0. The highest BCUT2D eigenvalue weighted by molar-refractivity contribution is 6.37. The van der Waals surface area contributed by atoms with Gasteiger partial charge in [0.2, 0.25) is 0 Å². The van der Waals surface area contributed by atoms with Crippen LogP contribution in [0.5, 0.6) is 0 Å². The SMILES string of the molecule is CCN(CC)c1c(Cl)nc(-c2ccccc2)nc1Cl. The van der Waals surface area contributed by atoms with Gasteiger partial charge < -0.3 is 4.90 Å². The molecule has 19 heavy (non-hydrogen) atoms. The smallest absolute Gasteiger partial charge is 0.162 e. The number of anilines is 1. The first-order valence-corrected chi connectivity index (χ1v) is 6.96. The van der Waals surface area contributed by atoms with Crippen molar-refractivity contribution in [2.24, 2.45) is 0 Å². The van der Waals surface area contributed by atoms with Gasteiger partial charge >= 0.3 is 0 Å². The fourth-order valence-corrected chi connectivity index (χ4v) is 2.55. The van der Waals surface area contributed by atoms with Gasteiger partial charge in [-0.05, 0) is 13.8 Å². The van der Waals surface area contributed by atoms with E-state index in [9.17, 15) is 0 Å². The van der Waals surface area contributed by atoms with E-state index in [1.165, 1.54) is 0 Å². The Morgan fingerprint density at radius 1 is 0.947 bits per heavy atom. The van der Waals surface area contributed by atoms with Gasteiger partial charge in [0.15, 0.2) is 16.1 Å². The van der Waals surface area contributed by atoms with Crippen LogP contribution in [0.3, 0.4) is 0 Å². The van der Waals surface area contributed by atoms with E-state index in [0.717, 1.165) is 18.7 Å². The Hall–Kier alpha value is -1.32. The van der Waals surface area contributed by atoms with Crippen molar-refractivity contribution in [1.82, 2.24) is 9.97 Å². The van der Waals surface area contributed by atoms with E-state index in [4.69, 9.17) is 23.2 Å². The van der Waals surface area contributed by atoms with Crippen molar-refractivity contribution in [2.45, 2.75) is 13.8 Å². The zero-order chi connectivity index (χ0) is 13.8. The molecule has 100 valence electrons. The monoisotopic (exact) mass is 295 g/mol. The summed E-state index contributed by atoms with van der Waals surface area (Å²) in [4.78, 5) is 10.7. The molecule has 0 fully saturated rings. The number of rotatable bonds is 4. The highest BCUT2D eigenvalue weighted by Crippen LogP contribution is 2.32. The molecule has 0 aliphatic heterocycles. The van der Waals surface area contributed by atoms with Gasteiger partial charge in [-0.1, -0.05) is 53.5 Å². The molecular formula is C14H15Cl2N3. The van der Waals surface area contributed by atoms with Crippen molar-refractivity contribution in [3.8, 4) is 11.4 Å². The largest absolute Gasteiger partial charge is 0.367 e. The maximum Gasteiger partial charge on any atom is 0.162 e. The Labute approximate surface area is 123 Å². The van der Waals surface area contributed by atoms with Crippen LogP contribution in [-0.4, -0.2) is 23.1 Å². The molecule has 0 aliphatic rings. The lowest BCUT2D eigenvalue weighted by atomic mass is 10.2. The minimum Gasteiger partial charge on any atom is -0.367 e. The Balaban J connectivity index is 2.48. The third kappa shape index (κ3) is 2.99. The molecule has 2 aromatic rings. The summed E-state index contributed by atoms with van der Waals surface area (Å²) in [7, 11) is 0. The maximum atomic E-state index is 6.26. The van der Waals surface area contributed by atoms with Crippen molar-refractivity contribution < 1.29 is 0 Å². The lowest BCUT2D eigenvalue weighted by Gasteiger charge is -2.22. The van der Waals surface area contributed by atoms with Gasteiger partial charge in [-0.25, -0.2) is 9.97 Å². The summed E-state index contributed by atoms with van der Waals surface area (Å²) in [5.41, 5.74) is 1.60. The quantitative estimate of drug-likeness (QED) is 0.788. The van der Waals surface area contributed by atoms with Crippen molar-refractivity contribution in [2.75, 3.05) is 18.0 Å². The second-order valence-electron chi connectivity index (χ2n) is 4.02. The van der Waals surface area contributed by atoms with Crippen LogP contribution in [0.15, 0.2) is 30.3 Å². The molecule has 2 rings (SSSR count). The lowest BCUT2D eigenvalue weighted by Crippen LogP contribution is -2.23. The van der Waals surface area contributed by atoms with Crippen molar-refractivity contribution in [1.29, 1.82) is 0 Å². The number of aromatic nitrogens is 2. The van der Waals surface area contributed by atoms with Crippen LogP contribution in [0, 0.1) is 0 Å². The fraction of sp³-hybridized carbons (Fsp3) is 0.286. The summed E-state index contributed by atoms with van der Waals surface area (Å²) in [6, 6.07) is 9.66. The van der Waals surface area contributed by atoms with Crippen molar-refractivity contribution in [3.05, 3.63) is 40.6 Å². The molecule has 0 radical (unpaired) electrons. The van der Waals surface area contributed by atoms with E-state index in [1.807, 2.05) is 49.1 Å². The number of halogens is 2. The van der Waals surface area contributed by atoms with Crippen molar-refractivity contribution >= 4 is 28.9 Å². The van der Waals surface area contributed by atoms with Crippen LogP contribution in [-0.2, 0) is 0 Å². The molecule has 0 saturated heterocycles. The zero-order valence-corrected chi connectivity index (χ0v) is 12.4. The van der Waals surface area contributed by atoms with Crippen molar-refractivity contribution in [3.63, 3.8) is 0 Å². The standard InChI is InChI=1S/C14H15Cl2N3/c1-3-19(4-2)11-12(15)17-14(18-13(11)16)10-8-6-5-7-9-10/h5-9H,3-4H2,1-2H3.